The lowest BCUT2D eigenvalue weighted by Crippen LogP contribution is -2.13. The molecule has 4 nitrogen and oxygen atoms in total. The summed E-state index contributed by atoms with van der Waals surface area (Å²) in [7, 11) is 1.90. The van der Waals surface area contributed by atoms with Crippen molar-refractivity contribution < 1.29 is 0 Å². The van der Waals surface area contributed by atoms with E-state index in [2.05, 4.69) is 28.7 Å². The Morgan fingerprint density at radius 3 is 2.83 bits per heavy atom. The Morgan fingerprint density at radius 1 is 1.67 bits per heavy atom. The molecule has 0 aromatic carbocycles. The fourth-order valence-electron chi connectivity index (χ4n) is 1.19. The maximum atomic E-state index is 5.59. The number of rotatable bonds is 3. The Balaban J connectivity index is 2.92. The zero-order chi connectivity index (χ0) is 9.14. The number of hydrogen-bond donors (Lipinski definition) is 2. The quantitative estimate of drug-likeness (QED) is 0.700. The number of nitrogens with two attached hydrogens (primary N) is 1. The molecule has 0 aliphatic carbocycles. The standard InChI is InChI=1S/C8H16N4/c1-6(2)12-5-7(9)11-8(12)4-10-3/h5-6,10H,4,9H2,1-3H3. The van der Waals surface area contributed by atoms with Crippen LogP contribution in [0.4, 0.5) is 5.82 Å². The molecule has 0 amide bonds. The van der Waals surface area contributed by atoms with E-state index < -0.39 is 0 Å². The normalized spacial score (nSPS) is 11.0. The zero-order valence-corrected chi connectivity index (χ0v) is 7.83. The van der Waals surface area contributed by atoms with Crippen LogP contribution in [0.15, 0.2) is 6.20 Å². The molecule has 0 fully saturated rings. The molecular weight excluding hydrogens is 152 g/mol. The second-order valence-electron chi connectivity index (χ2n) is 3.11. The van der Waals surface area contributed by atoms with Gasteiger partial charge in [-0.15, -0.1) is 0 Å². The molecule has 12 heavy (non-hydrogen) atoms. The largest absolute Gasteiger partial charge is 0.382 e. The molecule has 0 aliphatic heterocycles. The van der Waals surface area contributed by atoms with Crippen LogP contribution >= 0.6 is 0 Å². The number of imidazole rings is 1. The van der Waals surface area contributed by atoms with Gasteiger partial charge in [0.05, 0.1) is 6.54 Å². The van der Waals surface area contributed by atoms with Gasteiger partial charge in [-0.1, -0.05) is 0 Å². The van der Waals surface area contributed by atoms with Crippen LogP contribution < -0.4 is 11.1 Å². The van der Waals surface area contributed by atoms with Gasteiger partial charge in [-0.2, -0.15) is 0 Å². The van der Waals surface area contributed by atoms with Crippen LogP contribution in [0.2, 0.25) is 0 Å². The van der Waals surface area contributed by atoms with E-state index in [0.29, 0.717) is 11.9 Å². The van der Waals surface area contributed by atoms with Gasteiger partial charge < -0.3 is 15.6 Å². The molecule has 1 heterocycles. The number of hydrogen-bond acceptors (Lipinski definition) is 3. The minimum Gasteiger partial charge on any atom is -0.382 e. The smallest absolute Gasteiger partial charge is 0.141 e. The van der Waals surface area contributed by atoms with Gasteiger partial charge in [0.15, 0.2) is 0 Å². The van der Waals surface area contributed by atoms with E-state index in [0.717, 1.165) is 12.4 Å². The second-order valence-corrected chi connectivity index (χ2v) is 3.11. The highest BCUT2D eigenvalue weighted by atomic mass is 15.1. The summed E-state index contributed by atoms with van der Waals surface area (Å²) < 4.78 is 2.08. The summed E-state index contributed by atoms with van der Waals surface area (Å²) in [6.45, 7) is 4.98. The van der Waals surface area contributed by atoms with Crippen molar-refractivity contribution in [3.8, 4) is 0 Å². The third kappa shape index (κ3) is 1.76. The number of nitrogen functional groups attached to an aromatic ring is 1. The molecule has 0 aliphatic rings. The summed E-state index contributed by atoms with van der Waals surface area (Å²) in [5.41, 5.74) is 5.59. The Morgan fingerprint density at radius 2 is 2.33 bits per heavy atom. The summed E-state index contributed by atoms with van der Waals surface area (Å²) in [4.78, 5) is 4.20. The van der Waals surface area contributed by atoms with Crippen LogP contribution in [0, 0.1) is 0 Å². The fraction of sp³-hybridized carbons (Fsp3) is 0.625. The molecule has 0 atom stereocenters. The number of anilines is 1. The van der Waals surface area contributed by atoms with Crippen LogP contribution in [0.25, 0.3) is 0 Å². The van der Waals surface area contributed by atoms with Crippen molar-refractivity contribution >= 4 is 5.82 Å². The van der Waals surface area contributed by atoms with Crippen LogP contribution in [-0.2, 0) is 6.54 Å². The van der Waals surface area contributed by atoms with E-state index >= 15 is 0 Å². The van der Waals surface area contributed by atoms with Gasteiger partial charge in [0.25, 0.3) is 0 Å². The minimum atomic E-state index is 0.415. The maximum Gasteiger partial charge on any atom is 0.141 e. The van der Waals surface area contributed by atoms with Crippen LogP contribution in [0.5, 0.6) is 0 Å². The molecule has 0 saturated carbocycles. The van der Waals surface area contributed by atoms with Gasteiger partial charge in [0, 0.05) is 12.2 Å². The van der Waals surface area contributed by atoms with Gasteiger partial charge in [-0.25, -0.2) is 4.98 Å². The predicted molar refractivity (Wildman–Crippen MR) is 49.8 cm³/mol. The van der Waals surface area contributed by atoms with Crippen LogP contribution in [0.3, 0.4) is 0 Å². The summed E-state index contributed by atoms with van der Waals surface area (Å²) >= 11 is 0. The fourth-order valence-corrected chi connectivity index (χ4v) is 1.19. The molecule has 0 bridgehead atoms. The third-order valence-corrected chi connectivity index (χ3v) is 1.72. The second kappa shape index (κ2) is 3.58. The lowest BCUT2D eigenvalue weighted by atomic mass is 10.4. The van der Waals surface area contributed by atoms with Gasteiger partial charge in [-0.3, -0.25) is 0 Å². The highest BCUT2D eigenvalue weighted by Gasteiger charge is 2.06. The lowest BCUT2D eigenvalue weighted by molar-refractivity contribution is 0.555. The monoisotopic (exact) mass is 168 g/mol. The SMILES string of the molecule is CNCc1nc(N)cn1C(C)C. The minimum absolute atomic E-state index is 0.415. The molecule has 0 radical (unpaired) electrons. The third-order valence-electron chi connectivity index (χ3n) is 1.72. The van der Waals surface area contributed by atoms with Crippen molar-refractivity contribution in [2.45, 2.75) is 26.4 Å². The molecule has 0 saturated heterocycles. The molecule has 1 aromatic rings. The average Bonchev–Trinajstić information content (AvgIpc) is 2.32. The lowest BCUT2D eigenvalue weighted by Gasteiger charge is -2.09. The summed E-state index contributed by atoms with van der Waals surface area (Å²) in [6.07, 6.45) is 1.87. The molecule has 4 heteroatoms. The molecule has 1 rings (SSSR count). The predicted octanol–water partition coefficient (Wildman–Crippen LogP) is 0.766. The first-order valence-corrected chi connectivity index (χ1v) is 4.13. The van der Waals surface area contributed by atoms with Crippen molar-refractivity contribution in [1.29, 1.82) is 0 Å². The average molecular weight is 168 g/mol. The van der Waals surface area contributed by atoms with E-state index in [4.69, 9.17) is 5.73 Å². The molecular formula is C8H16N4. The van der Waals surface area contributed by atoms with E-state index in [1.807, 2.05) is 13.2 Å². The highest BCUT2D eigenvalue weighted by molar-refractivity contribution is 5.26. The first-order valence-electron chi connectivity index (χ1n) is 4.13. The first kappa shape index (κ1) is 9.06. The number of nitrogens with one attached hydrogen (secondary N) is 1. The molecule has 3 N–H and O–H groups in total. The zero-order valence-electron chi connectivity index (χ0n) is 7.83. The molecule has 1 aromatic heterocycles. The van der Waals surface area contributed by atoms with Crippen LogP contribution in [0.1, 0.15) is 25.7 Å². The molecule has 0 spiro atoms. The number of nitrogens with zero attached hydrogens (tertiary/aromatic N) is 2. The van der Waals surface area contributed by atoms with Crippen molar-refractivity contribution in [3.05, 3.63) is 12.0 Å². The Labute approximate surface area is 72.8 Å². The Hall–Kier alpha value is -1.03. The molecule has 0 unspecified atom stereocenters. The van der Waals surface area contributed by atoms with Crippen LogP contribution in [-0.4, -0.2) is 16.6 Å². The van der Waals surface area contributed by atoms with E-state index in [1.165, 1.54) is 0 Å². The maximum absolute atomic E-state index is 5.59. The summed E-state index contributed by atoms with van der Waals surface area (Å²) in [5, 5.41) is 3.05. The topological polar surface area (TPSA) is 55.9 Å². The summed E-state index contributed by atoms with van der Waals surface area (Å²) in [5.74, 6) is 1.58. The van der Waals surface area contributed by atoms with Crippen molar-refractivity contribution in [1.82, 2.24) is 14.9 Å². The van der Waals surface area contributed by atoms with Crippen molar-refractivity contribution in [3.63, 3.8) is 0 Å². The van der Waals surface area contributed by atoms with Gasteiger partial charge in [0.2, 0.25) is 0 Å². The Bertz CT molecular complexity index is 252. The van der Waals surface area contributed by atoms with E-state index in [-0.39, 0.29) is 0 Å². The first-order chi connectivity index (χ1) is 5.65. The van der Waals surface area contributed by atoms with E-state index in [1.54, 1.807) is 0 Å². The highest BCUT2D eigenvalue weighted by Crippen LogP contribution is 2.11. The van der Waals surface area contributed by atoms with E-state index in [9.17, 15) is 0 Å². The molecule has 68 valence electrons. The number of aromatic nitrogens is 2. The van der Waals surface area contributed by atoms with Gasteiger partial charge in [-0.05, 0) is 20.9 Å². The Kier molecular flexibility index (Phi) is 2.70. The van der Waals surface area contributed by atoms with Gasteiger partial charge >= 0.3 is 0 Å². The van der Waals surface area contributed by atoms with Crippen molar-refractivity contribution in [2.24, 2.45) is 0 Å². The summed E-state index contributed by atoms with van der Waals surface area (Å²) in [6, 6.07) is 0.415. The van der Waals surface area contributed by atoms with Gasteiger partial charge in [0.1, 0.15) is 11.6 Å². The van der Waals surface area contributed by atoms with Crippen molar-refractivity contribution in [2.75, 3.05) is 12.8 Å².